The molecule has 2 aromatic rings. The fourth-order valence-electron chi connectivity index (χ4n) is 4.98. The van der Waals surface area contributed by atoms with Crippen LogP contribution in [0, 0.1) is 12.8 Å². The highest BCUT2D eigenvalue weighted by Crippen LogP contribution is 2.45. The molecule has 1 aliphatic heterocycles. The number of hydrogen-bond donors (Lipinski definition) is 4. The van der Waals surface area contributed by atoms with Crippen molar-refractivity contribution in [3.8, 4) is 11.3 Å². The zero-order valence-electron chi connectivity index (χ0n) is 20.5. The van der Waals surface area contributed by atoms with Gasteiger partial charge in [0.15, 0.2) is 0 Å². The molecule has 3 rings (SSSR count). The first-order chi connectivity index (χ1) is 16.8. The Hall–Kier alpha value is -2.55. The average Bonchev–Trinajstić information content (AvgIpc) is 3.27. The van der Waals surface area contributed by atoms with Gasteiger partial charge < -0.3 is 30.2 Å². The van der Waals surface area contributed by atoms with E-state index in [1.54, 1.807) is 12.1 Å². The third-order valence-corrected chi connectivity index (χ3v) is 7.06. The molecule has 9 heteroatoms. The van der Waals surface area contributed by atoms with E-state index in [-0.39, 0.29) is 18.4 Å². The highest BCUT2D eigenvalue weighted by molar-refractivity contribution is 6.33. The number of benzene rings is 1. The maximum atomic E-state index is 12.9. The van der Waals surface area contributed by atoms with E-state index in [0.717, 1.165) is 31.6 Å². The summed E-state index contributed by atoms with van der Waals surface area (Å²) in [4.78, 5) is 25.7. The number of halogens is 1. The van der Waals surface area contributed by atoms with Gasteiger partial charge in [-0.25, -0.2) is 4.79 Å². The number of nitrogens with one attached hydrogen (secondary N) is 2. The van der Waals surface area contributed by atoms with Gasteiger partial charge in [-0.2, -0.15) is 0 Å². The summed E-state index contributed by atoms with van der Waals surface area (Å²) in [6.07, 6.45) is 2.39. The molecular formula is C26H36ClN3O5. The maximum absolute atomic E-state index is 12.9. The Morgan fingerprint density at radius 2 is 2.03 bits per heavy atom. The second-order valence-corrected chi connectivity index (χ2v) is 9.63. The van der Waals surface area contributed by atoms with Crippen LogP contribution in [0.25, 0.3) is 11.3 Å². The molecule has 1 saturated heterocycles. The lowest BCUT2D eigenvalue weighted by molar-refractivity contribution is -0.136. The maximum Gasteiger partial charge on any atom is 0.404 e. The second-order valence-electron chi connectivity index (χ2n) is 9.22. The highest BCUT2D eigenvalue weighted by Gasteiger charge is 2.43. The molecule has 1 aromatic heterocycles. The van der Waals surface area contributed by atoms with Gasteiger partial charge in [-0.3, -0.25) is 4.79 Å². The van der Waals surface area contributed by atoms with Crippen molar-refractivity contribution in [2.75, 3.05) is 33.2 Å². The van der Waals surface area contributed by atoms with Crippen LogP contribution in [0.1, 0.15) is 49.8 Å². The first-order valence-corrected chi connectivity index (χ1v) is 12.6. The summed E-state index contributed by atoms with van der Waals surface area (Å²) in [5, 5.41) is 27.2. The molecule has 2 heterocycles. The smallest absolute Gasteiger partial charge is 0.404 e. The molecular weight excluding hydrogens is 470 g/mol. The molecule has 0 aliphatic carbocycles. The molecule has 8 nitrogen and oxygen atoms in total. The van der Waals surface area contributed by atoms with Crippen molar-refractivity contribution in [1.29, 1.82) is 0 Å². The zero-order valence-corrected chi connectivity index (χ0v) is 21.2. The van der Waals surface area contributed by atoms with Gasteiger partial charge in [-0.1, -0.05) is 23.7 Å². The van der Waals surface area contributed by atoms with Crippen LogP contribution in [0.5, 0.6) is 0 Å². The van der Waals surface area contributed by atoms with E-state index in [2.05, 4.69) is 10.6 Å². The molecule has 0 bridgehead atoms. The van der Waals surface area contributed by atoms with Crippen molar-refractivity contribution in [1.82, 2.24) is 15.5 Å². The van der Waals surface area contributed by atoms with Crippen LogP contribution in [-0.2, 0) is 10.4 Å². The molecule has 1 aromatic carbocycles. The van der Waals surface area contributed by atoms with E-state index in [1.807, 2.05) is 37.1 Å². The fraction of sp³-hybridized carbons (Fsp3) is 0.538. The van der Waals surface area contributed by atoms with E-state index in [9.17, 15) is 14.7 Å². The Bertz CT molecular complexity index is 1010. The lowest BCUT2D eigenvalue weighted by Gasteiger charge is -2.43. The fourth-order valence-corrected chi connectivity index (χ4v) is 5.25. The number of piperidine rings is 1. The number of nitrogens with zero attached hydrogens (tertiary/aromatic N) is 1. The van der Waals surface area contributed by atoms with Crippen LogP contribution >= 0.6 is 11.6 Å². The molecule has 1 fully saturated rings. The minimum Gasteiger partial charge on any atom is -0.465 e. The van der Waals surface area contributed by atoms with Gasteiger partial charge >= 0.3 is 6.09 Å². The Morgan fingerprint density at radius 1 is 1.23 bits per heavy atom. The van der Waals surface area contributed by atoms with Gasteiger partial charge in [0, 0.05) is 37.5 Å². The summed E-state index contributed by atoms with van der Waals surface area (Å²) in [5.74, 6) is 1.16. The van der Waals surface area contributed by atoms with Crippen LogP contribution in [0.3, 0.4) is 0 Å². The number of aryl methyl sites for hydroxylation is 1. The van der Waals surface area contributed by atoms with Crippen LogP contribution < -0.4 is 10.6 Å². The van der Waals surface area contributed by atoms with Crippen molar-refractivity contribution < 1.29 is 24.2 Å². The van der Waals surface area contributed by atoms with E-state index in [1.165, 1.54) is 0 Å². The second kappa shape index (κ2) is 12.4. The average molecular weight is 506 g/mol. The Morgan fingerprint density at radius 3 is 2.71 bits per heavy atom. The number of carboxylic acid groups (broad SMARTS) is 1. The quantitative estimate of drug-likeness (QED) is 0.337. The van der Waals surface area contributed by atoms with Gasteiger partial charge in [-0.15, -0.1) is 0 Å². The minimum atomic E-state index is -1.33. The van der Waals surface area contributed by atoms with Crippen molar-refractivity contribution >= 4 is 23.6 Å². The van der Waals surface area contributed by atoms with Gasteiger partial charge in [0.2, 0.25) is 5.91 Å². The molecule has 2 atom stereocenters. The number of carbonyl (C=O) groups is 2. The Labute approximate surface area is 211 Å². The van der Waals surface area contributed by atoms with Crippen molar-refractivity contribution in [3.05, 3.63) is 46.7 Å². The van der Waals surface area contributed by atoms with Crippen molar-refractivity contribution in [2.24, 2.45) is 5.92 Å². The number of rotatable bonds is 11. The SMILES string of the molecule is CNCCCC(=O)N1CCC[C@@H]([C@@](O)(CCCNC(=O)O)c2cccc(Cl)c2-c2ccc(C)o2)C1. The lowest BCUT2D eigenvalue weighted by Crippen LogP contribution is -2.48. The van der Waals surface area contributed by atoms with Crippen molar-refractivity contribution in [2.45, 2.75) is 51.0 Å². The minimum absolute atomic E-state index is 0.0906. The van der Waals surface area contributed by atoms with Crippen LogP contribution in [-0.4, -0.2) is 60.3 Å². The summed E-state index contributed by atoms with van der Waals surface area (Å²) in [7, 11) is 1.86. The third kappa shape index (κ3) is 6.78. The van der Waals surface area contributed by atoms with Gasteiger partial charge in [0.25, 0.3) is 0 Å². The Balaban J connectivity index is 1.94. The number of likely N-dealkylation sites (tertiary alicyclic amines) is 1. The van der Waals surface area contributed by atoms with E-state index in [0.29, 0.717) is 54.3 Å². The zero-order chi connectivity index (χ0) is 25.4. The van der Waals surface area contributed by atoms with E-state index >= 15 is 0 Å². The first-order valence-electron chi connectivity index (χ1n) is 12.2. The number of hydrogen-bond acceptors (Lipinski definition) is 5. The molecule has 2 amide bonds. The predicted molar refractivity (Wildman–Crippen MR) is 136 cm³/mol. The predicted octanol–water partition coefficient (Wildman–Crippen LogP) is 4.38. The molecule has 0 unspecified atom stereocenters. The van der Waals surface area contributed by atoms with Crippen LogP contribution in [0.2, 0.25) is 5.02 Å². The van der Waals surface area contributed by atoms with Crippen LogP contribution in [0.15, 0.2) is 34.7 Å². The summed E-state index contributed by atoms with van der Waals surface area (Å²) in [6, 6.07) is 9.12. The number of aliphatic hydroxyl groups is 1. The normalized spacial score (nSPS) is 17.7. The molecule has 1 aliphatic rings. The van der Waals surface area contributed by atoms with Gasteiger partial charge in [0.05, 0.1) is 10.6 Å². The van der Waals surface area contributed by atoms with Gasteiger partial charge in [0.1, 0.15) is 11.5 Å². The summed E-state index contributed by atoms with van der Waals surface area (Å²) >= 11 is 6.64. The first kappa shape index (κ1) is 27.0. The number of amides is 2. The van der Waals surface area contributed by atoms with E-state index in [4.69, 9.17) is 21.1 Å². The summed E-state index contributed by atoms with van der Waals surface area (Å²) in [5.41, 5.74) is -0.0528. The standard InChI is InChI=1S/C26H36ClN3O5/c1-18-11-12-22(35-18)24-20(8-3-9-21(24)27)26(34,13-6-15-29-25(32)33)19-7-5-16-30(17-19)23(31)10-4-14-28-2/h3,8-9,11-12,19,28-29,34H,4-7,10,13-17H2,1-2H3,(H,32,33)/t19-,26+/m1/s1. The molecule has 35 heavy (non-hydrogen) atoms. The third-order valence-electron chi connectivity index (χ3n) is 6.74. The Kier molecular flexibility index (Phi) is 9.60. The van der Waals surface area contributed by atoms with Crippen molar-refractivity contribution in [3.63, 3.8) is 0 Å². The van der Waals surface area contributed by atoms with E-state index < -0.39 is 11.7 Å². The molecule has 0 saturated carbocycles. The van der Waals surface area contributed by atoms with Crippen LogP contribution in [0.4, 0.5) is 4.79 Å². The molecule has 0 spiro atoms. The summed E-state index contributed by atoms with van der Waals surface area (Å²) in [6.45, 7) is 3.95. The number of furan rings is 1. The molecule has 0 radical (unpaired) electrons. The molecule has 4 N–H and O–H groups in total. The monoisotopic (exact) mass is 505 g/mol. The number of carbonyl (C=O) groups excluding carboxylic acids is 1. The topological polar surface area (TPSA) is 115 Å². The largest absolute Gasteiger partial charge is 0.465 e. The van der Waals surface area contributed by atoms with Gasteiger partial charge in [-0.05, 0) is 76.4 Å². The highest BCUT2D eigenvalue weighted by atomic mass is 35.5. The molecule has 192 valence electrons. The lowest BCUT2D eigenvalue weighted by atomic mass is 9.72. The summed E-state index contributed by atoms with van der Waals surface area (Å²) < 4.78 is 5.89.